The molecule has 0 saturated carbocycles. The second-order valence-electron chi connectivity index (χ2n) is 6.47. The fourth-order valence-electron chi connectivity index (χ4n) is 2.41. The molecule has 1 fully saturated rings. The minimum atomic E-state index is -0.528. The molecule has 0 aromatic heterocycles. The van der Waals surface area contributed by atoms with E-state index < -0.39 is 17.6 Å². The summed E-state index contributed by atoms with van der Waals surface area (Å²) in [5.74, 6) is -0.840. The number of ether oxygens (including phenoxy) is 2. The molecule has 0 aromatic rings. The fraction of sp³-hybridized carbons (Fsp3) is 0.706. The first-order valence-electron chi connectivity index (χ1n) is 8.10. The van der Waals surface area contributed by atoms with Gasteiger partial charge in [0, 0.05) is 19.0 Å². The molecule has 0 aromatic carbocycles. The van der Waals surface area contributed by atoms with Crippen molar-refractivity contribution in [3.05, 3.63) is 12.2 Å². The van der Waals surface area contributed by atoms with Crippen molar-refractivity contribution in [1.29, 1.82) is 0 Å². The van der Waals surface area contributed by atoms with E-state index in [2.05, 4.69) is 0 Å². The molecule has 1 atom stereocenters. The molecule has 1 aliphatic rings. The van der Waals surface area contributed by atoms with Crippen LogP contribution in [0.1, 0.15) is 53.4 Å². The van der Waals surface area contributed by atoms with Gasteiger partial charge in [0.15, 0.2) is 0 Å². The van der Waals surface area contributed by atoms with Crippen molar-refractivity contribution in [1.82, 2.24) is 4.90 Å². The summed E-state index contributed by atoms with van der Waals surface area (Å²) in [6, 6.07) is -0.461. The predicted octanol–water partition coefficient (Wildman–Crippen LogP) is 2.22. The average molecular weight is 325 g/mol. The Morgan fingerprint density at radius 2 is 1.96 bits per heavy atom. The third kappa shape index (κ3) is 6.84. The average Bonchev–Trinajstić information content (AvgIpc) is 2.91. The highest BCUT2D eigenvalue weighted by atomic mass is 16.6. The maximum Gasteiger partial charge on any atom is 0.330 e. The van der Waals surface area contributed by atoms with Crippen LogP contribution in [0, 0.1) is 0 Å². The first kappa shape index (κ1) is 19.2. The van der Waals surface area contributed by atoms with Crippen LogP contribution in [-0.2, 0) is 23.9 Å². The summed E-state index contributed by atoms with van der Waals surface area (Å²) in [5, 5.41) is 0. The molecule has 0 bridgehead atoms. The Morgan fingerprint density at radius 1 is 1.26 bits per heavy atom. The Morgan fingerprint density at radius 3 is 2.57 bits per heavy atom. The van der Waals surface area contributed by atoms with Gasteiger partial charge in [-0.05, 0) is 47.0 Å². The summed E-state index contributed by atoms with van der Waals surface area (Å²) in [6.07, 6.45) is 5.12. The quantitative estimate of drug-likeness (QED) is 0.553. The summed E-state index contributed by atoms with van der Waals surface area (Å²) >= 11 is 0. The van der Waals surface area contributed by atoms with Crippen molar-refractivity contribution >= 4 is 17.8 Å². The number of rotatable bonds is 6. The lowest BCUT2D eigenvalue weighted by molar-refractivity contribution is -0.153. The van der Waals surface area contributed by atoms with Gasteiger partial charge in [-0.1, -0.05) is 6.08 Å². The van der Waals surface area contributed by atoms with E-state index in [0.717, 1.165) is 6.42 Å². The zero-order valence-corrected chi connectivity index (χ0v) is 14.5. The largest absolute Gasteiger partial charge is 0.464 e. The van der Waals surface area contributed by atoms with Crippen LogP contribution in [0.2, 0.25) is 0 Å². The number of hydrogen-bond acceptors (Lipinski definition) is 5. The lowest BCUT2D eigenvalue weighted by Crippen LogP contribution is -2.41. The van der Waals surface area contributed by atoms with Crippen molar-refractivity contribution in [3.63, 3.8) is 0 Å². The monoisotopic (exact) mass is 325 g/mol. The van der Waals surface area contributed by atoms with Crippen molar-refractivity contribution in [2.45, 2.75) is 65.0 Å². The fourth-order valence-corrected chi connectivity index (χ4v) is 2.41. The number of esters is 2. The molecule has 0 aliphatic carbocycles. The molecule has 1 heterocycles. The van der Waals surface area contributed by atoms with Crippen LogP contribution in [0.5, 0.6) is 0 Å². The van der Waals surface area contributed by atoms with Crippen LogP contribution < -0.4 is 0 Å². The van der Waals surface area contributed by atoms with Crippen LogP contribution in [0.3, 0.4) is 0 Å². The van der Waals surface area contributed by atoms with E-state index >= 15 is 0 Å². The molecule has 0 unspecified atom stereocenters. The van der Waals surface area contributed by atoms with E-state index in [9.17, 15) is 14.4 Å². The maximum absolute atomic E-state index is 12.2. The van der Waals surface area contributed by atoms with Gasteiger partial charge in [0.2, 0.25) is 5.91 Å². The van der Waals surface area contributed by atoms with E-state index in [1.165, 1.54) is 6.08 Å². The molecule has 0 spiro atoms. The van der Waals surface area contributed by atoms with Gasteiger partial charge in [-0.2, -0.15) is 0 Å². The van der Waals surface area contributed by atoms with Crippen molar-refractivity contribution < 1.29 is 23.9 Å². The number of amides is 1. The smallest absolute Gasteiger partial charge is 0.330 e. The van der Waals surface area contributed by atoms with Crippen LogP contribution in [0.25, 0.3) is 0 Å². The second kappa shape index (κ2) is 8.70. The van der Waals surface area contributed by atoms with Gasteiger partial charge in [0.25, 0.3) is 0 Å². The molecular formula is C17H27NO5. The molecule has 6 heteroatoms. The molecular weight excluding hydrogens is 298 g/mol. The minimum absolute atomic E-state index is 0.0885. The SMILES string of the molecule is CCOC(=O)[C@@H]1CCCN1C(=O)CC/C=C/C(=O)OC(C)(C)C. The molecule has 0 radical (unpaired) electrons. The van der Waals surface area contributed by atoms with E-state index in [1.807, 2.05) is 0 Å². The Bertz CT molecular complexity index is 464. The van der Waals surface area contributed by atoms with Gasteiger partial charge >= 0.3 is 11.9 Å². The molecule has 130 valence electrons. The number of hydrogen-bond donors (Lipinski definition) is 0. The third-order valence-electron chi connectivity index (χ3n) is 3.32. The molecule has 1 saturated heterocycles. The van der Waals surface area contributed by atoms with E-state index in [1.54, 1.807) is 38.7 Å². The van der Waals surface area contributed by atoms with E-state index in [0.29, 0.717) is 26.0 Å². The van der Waals surface area contributed by atoms with Gasteiger partial charge in [0.05, 0.1) is 6.61 Å². The highest BCUT2D eigenvalue weighted by Crippen LogP contribution is 2.20. The minimum Gasteiger partial charge on any atom is -0.464 e. The Kier molecular flexibility index (Phi) is 7.26. The van der Waals surface area contributed by atoms with Crippen LogP contribution in [-0.4, -0.2) is 47.5 Å². The van der Waals surface area contributed by atoms with Gasteiger partial charge in [-0.3, -0.25) is 4.79 Å². The first-order valence-corrected chi connectivity index (χ1v) is 8.10. The highest BCUT2D eigenvalue weighted by molar-refractivity contribution is 5.85. The van der Waals surface area contributed by atoms with Crippen molar-refractivity contribution in [2.75, 3.05) is 13.2 Å². The lowest BCUT2D eigenvalue weighted by Gasteiger charge is -2.22. The Balaban J connectivity index is 2.41. The third-order valence-corrected chi connectivity index (χ3v) is 3.32. The Hall–Kier alpha value is -1.85. The number of nitrogens with zero attached hydrogens (tertiary/aromatic N) is 1. The zero-order valence-electron chi connectivity index (χ0n) is 14.5. The van der Waals surface area contributed by atoms with Gasteiger partial charge in [0.1, 0.15) is 11.6 Å². The first-order chi connectivity index (χ1) is 10.7. The van der Waals surface area contributed by atoms with E-state index in [-0.39, 0.29) is 18.3 Å². The zero-order chi connectivity index (χ0) is 17.5. The molecule has 1 amide bonds. The maximum atomic E-state index is 12.2. The predicted molar refractivity (Wildman–Crippen MR) is 85.6 cm³/mol. The van der Waals surface area contributed by atoms with Gasteiger partial charge in [-0.15, -0.1) is 0 Å². The number of carbonyl (C=O) groups is 3. The molecule has 1 aliphatic heterocycles. The summed E-state index contributed by atoms with van der Waals surface area (Å²) < 4.78 is 10.1. The van der Waals surface area contributed by atoms with Crippen LogP contribution >= 0.6 is 0 Å². The summed E-state index contributed by atoms with van der Waals surface area (Å²) in [7, 11) is 0. The number of carbonyl (C=O) groups excluding carboxylic acids is 3. The number of likely N-dealkylation sites (tertiary alicyclic amines) is 1. The van der Waals surface area contributed by atoms with Gasteiger partial charge < -0.3 is 14.4 Å². The summed E-state index contributed by atoms with van der Waals surface area (Å²) in [5.41, 5.74) is -0.528. The van der Waals surface area contributed by atoms with Crippen LogP contribution in [0.4, 0.5) is 0 Å². The van der Waals surface area contributed by atoms with Crippen LogP contribution in [0.15, 0.2) is 12.2 Å². The molecule has 1 rings (SSSR count). The molecule has 6 nitrogen and oxygen atoms in total. The molecule has 23 heavy (non-hydrogen) atoms. The van der Waals surface area contributed by atoms with E-state index in [4.69, 9.17) is 9.47 Å². The van der Waals surface area contributed by atoms with Gasteiger partial charge in [-0.25, -0.2) is 9.59 Å². The van der Waals surface area contributed by atoms with Crippen molar-refractivity contribution in [3.8, 4) is 0 Å². The summed E-state index contributed by atoms with van der Waals surface area (Å²) in [4.78, 5) is 37.1. The normalized spacial score (nSPS) is 18.3. The Labute approximate surface area is 137 Å². The second-order valence-corrected chi connectivity index (χ2v) is 6.47. The summed E-state index contributed by atoms with van der Waals surface area (Å²) in [6.45, 7) is 8.04. The number of allylic oxidation sites excluding steroid dienone is 1. The highest BCUT2D eigenvalue weighted by Gasteiger charge is 2.34. The molecule has 0 N–H and O–H groups in total. The topological polar surface area (TPSA) is 72.9 Å². The van der Waals surface area contributed by atoms with Crippen molar-refractivity contribution in [2.24, 2.45) is 0 Å². The standard InChI is InChI=1S/C17H27NO5/c1-5-22-16(21)13-9-8-12-18(13)14(19)10-6-7-11-15(20)23-17(2,3)4/h7,11,13H,5-6,8-10,12H2,1-4H3/b11-7+/t13-/m0/s1. The lowest BCUT2D eigenvalue weighted by atomic mass is 10.2.